The summed E-state index contributed by atoms with van der Waals surface area (Å²) in [5, 5.41) is 4.12. The van der Waals surface area contributed by atoms with Gasteiger partial charge in [-0.05, 0) is 6.92 Å². The summed E-state index contributed by atoms with van der Waals surface area (Å²) in [7, 11) is 1.57. The van der Waals surface area contributed by atoms with Crippen LogP contribution >= 0.6 is 12.4 Å². The molecule has 0 aliphatic heterocycles. The molecule has 76 valence electrons. The molecular weight excluding hydrogens is 204 g/mol. The van der Waals surface area contributed by atoms with E-state index in [-0.39, 0.29) is 12.4 Å². The zero-order chi connectivity index (χ0) is 9.42. The first-order valence-electron chi connectivity index (χ1n) is 3.87. The molecule has 14 heavy (non-hydrogen) atoms. The van der Waals surface area contributed by atoms with Gasteiger partial charge in [0.25, 0.3) is 0 Å². The minimum Gasteiger partial charge on any atom is -0.494 e. The van der Waals surface area contributed by atoms with Crippen molar-refractivity contribution < 1.29 is 4.74 Å². The molecule has 0 aliphatic carbocycles. The zero-order valence-electron chi connectivity index (χ0n) is 7.89. The number of hydrogen-bond donors (Lipinski definition) is 1. The van der Waals surface area contributed by atoms with Gasteiger partial charge >= 0.3 is 0 Å². The van der Waals surface area contributed by atoms with Crippen LogP contribution in [0.2, 0.25) is 0 Å². The van der Waals surface area contributed by atoms with E-state index in [1.165, 1.54) is 0 Å². The smallest absolute Gasteiger partial charge is 0.159 e. The van der Waals surface area contributed by atoms with Crippen molar-refractivity contribution in [3.63, 3.8) is 0 Å². The summed E-state index contributed by atoms with van der Waals surface area (Å²) in [6, 6.07) is 1.76. The van der Waals surface area contributed by atoms with Crippen LogP contribution in [0, 0.1) is 6.92 Å². The van der Waals surface area contributed by atoms with Gasteiger partial charge in [-0.2, -0.15) is 5.10 Å². The largest absolute Gasteiger partial charge is 0.494 e. The van der Waals surface area contributed by atoms with Gasteiger partial charge in [0.1, 0.15) is 11.6 Å². The highest BCUT2D eigenvalue weighted by atomic mass is 35.5. The van der Waals surface area contributed by atoms with Crippen molar-refractivity contribution in [3.8, 4) is 5.75 Å². The van der Waals surface area contributed by atoms with Crippen LogP contribution in [0.15, 0.2) is 12.3 Å². The number of methoxy groups -OCH3 is 1. The van der Waals surface area contributed by atoms with Crippen LogP contribution in [0.5, 0.6) is 5.75 Å². The molecule has 0 unspecified atom stereocenters. The molecule has 0 radical (unpaired) electrons. The minimum absolute atomic E-state index is 0. The fourth-order valence-electron chi connectivity index (χ4n) is 1.21. The number of nitrogen functional groups attached to an aromatic ring is 1. The van der Waals surface area contributed by atoms with Gasteiger partial charge in [0, 0.05) is 6.07 Å². The molecule has 0 fully saturated rings. The molecule has 0 amide bonds. The zero-order valence-corrected chi connectivity index (χ0v) is 8.71. The third-order valence-corrected chi connectivity index (χ3v) is 1.79. The molecule has 0 saturated carbocycles. The van der Waals surface area contributed by atoms with Crippen LogP contribution < -0.4 is 10.5 Å². The molecule has 0 spiro atoms. The van der Waals surface area contributed by atoms with Gasteiger partial charge in [0.2, 0.25) is 0 Å². The standard InChI is InChI=1S/C8H10N4O.ClH/c1-5-10-8-3-7(13-2)6(9)4-12(8)11-5;/h3-4H,9H2,1-2H3;1H. The Morgan fingerprint density at radius 2 is 2.21 bits per heavy atom. The predicted octanol–water partition coefficient (Wildman–Crippen LogP) is 1.05. The van der Waals surface area contributed by atoms with Crippen molar-refractivity contribution in [2.45, 2.75) is 6.92 Å². The van der Waals surface area contributed by atoms with E-state index in [1.54, 1.807) is 23.9 Å². The number of nitrogens with zero attached hydrogens (tertiary/aromatic N) is 3. The molecule has 0 aliphatic rings. The summed E-state index contributed by atoms with van der Waals surface area (Å²) in [6.45, 7) is 1.83. The van der Waals surface area contributed by atoms with Crippen molar-refractivity contribution in [1.29, 1.82) is 0 Å². The van der Waals surface area contributed by atoms with Gasteiger partial charge in [0.05, 0.1) is 19.0 Å². The highest BCUT2D eigenvalue weighted by molar-refractivity contribution is 5.85. The molecule has 0 saturated heterocycles. The highest BCUT2D eigenvalue weighted by Crippen LogP contribution is 2.21. The first-order valence-corrected chi connectivity index (χ1v) is 3.87. The lowest BCUT2D eigenvalue weighted by molar-refractivity contribution is 0.416. The molecule has 0 bridgehead atoms. The average Bonchev–Trinajstić information content (AvgIpc) is 2.42. The van der Waals surface area contributed by atoms with Crippen LogP contribution in [-0.4, -0.2) is 21.7 Å². The Balaban J connectivity index is 0.000000980. The van der Waals surface area contributed by atoms with Crippen LogP contribution in [-0.2, 0) is 0 Å². The van der Waals surface area contributed by atoms with E-state index in [4.69, 9.17) is 10.5 Å². The SMILES string of the molecule is COc1cc2nc(C)nn2cc1N.Cl. The fraction of sp³-hybridized carbons (Fsp3) is 0.250. The Morgan fingerprint density at radius 3 is 2.86 bits per heavy atom. The molecule has 2 heterocycles. The number of hydrogen-bond acceptors (Lipinski definition) is 4. The number of rotatable bonds is 1. The second kappa shape index (κ2) is 3.71. The van der Waals surface area contributed by atoms with Gasteiger partial charge < -0.3 is 10.5 Å². The van der Waals surface area contributed by atoms with Crippen LogP contribution in [0.3, 0.4) is 0 Å². The maximum Gasteiger partial charge on any atom is 0.159 e. The summed E-state index contributed by atoms with van der Waals surface area (Å²) < 4.78 is 6.69. The summed E-state index contributed by atoms with van der Waals surface area (Å²) in [5.41, 5.74) is 6.99. The van der Waals surface area contributed by atoms with E-state index >= 15 is 0 Å². The average molecular weight is 215 g/mol. The topological polar surface area (TPSA) is 65.4 Å². The maximum atomic E-state index is 5.69. The molecule has 2 rings (SSSR count). The first-order chi connectivity index (χ1) is 6.20. The summed E-state index contributed by atoms with van der Waals surface area (Å²) in [5.74, 6) is 1.34. The minimum atomic E-state index is 0. The third kappa shape index (κ3) is 1.58. The van der Waals surface area contributed by atoms with Crippen LogP contribution in [0.25, 0.3) is 5.65 Å². The lowest BCUT2D eigenvalue weighted by atomic mass is 10.4. The number of ether oxygens (including phenoxy) is 1. The Labute approximate surface area is 87.3 Å². The van der Waals surface area contributed by atoms with E-state index in [1.807, 2.05) is 6.92 Å². The summed E-state index contributed by atoms with van der Waals surface area (Å²) >= 11 is 0. The van der Waals surface area contributed by atoms with Crippen molar-refractivity contribution in [2.75, 3.05) is 12.8 Å². The Bertz CT molecular complexity index is 454. The van der Waals surface area contributed by atoms with Gasteiger partial charge in [0.15, 0.2) is 5.65 Å². The maximum absolute atomic E-state index is 5.69. The molecule has 5 nitrogen and oxygen atoms in total. The van der Waals surface area contributed by atoms with Crippen LogP contribution in [0.4, 0.5) is 5.69 Å². The molecule has 2 aromatic heterocycles. The number of aromatic nitrogens is 3. The van der Waals surface area contributed by atoms with E-state index in [9.17, 15) is 0 Å². The number of nitrogens with two attached hydrogens (primary N) is 1. The van der Waals surface area contributed by atoms with Gasteiger partial charge in [-0.15, -0.1) is 12.4 Å². The normalized spacial score (nSPS) is 9.86. The van der Waals surface area contributed by atoms with E-state index in [0.29, 0.717) is 17.3 Å². The Morgan fingerprint density at radius 1 is 1.50 bits per heavy atom. The lowest BCUT2D eigenvalue weighted by Gasteiger charge is -2.02. The molecule has 6 heteroatoms. The quantitative estimate of drug-likeness (QED) is 0.771. The summed E-state index contributed by atoms with van der Waals surface area (Å²) in [6.07, 6.45) is 1.69. The number of anilines is 1. The lowest BCUT2D eigenvalue weighted by Crippen LogP contribution is -1.96. The highest BCUT2D eigenvalue weighted by Gasteiger charge is 2.04. The molecule has 2 aromatic rings. The second-order valence-electron chi connectivity index (χ2n) is 2.76. The van der Waals surface area contributed by atoms with Gasteiger partial charge in [-0.25, -0.2) is 9.50 Å². The van der Waals surface area contributed by atoms with E-state index in [0.717, 1.165) is 5.65 Å². The van der Waals surface area contributed by atoms with E-state index < -0.39 is 0 Å². The third-order valence-electron chi connectivity index (χ3n) is 1.79. The van der Waals surface area contributed by atoms with Crippen molar-refractivity contribution in [3.05, 3.63) is 18.1 Å². The number of pyridine rings is 1. The Hall–Kier alpha value is -1.49. The predicted molar refractivity (Wildman–Crippen MR) is 55.9 cm³/mol. The second-order valence-corrected chi connectivity index (χ2v) is 2.76. The fourth-order valence-corrected chi connectivity index (χ4v) is 1.21. The van der Waals surface area contributed by atoms with Crippen molar-refractivity contribution in [1.82, 2.24) is 14.6 Å². The monoisotopic (exact) mass is 214 g/mol. The number of aryl methyl sites for hydroxylation is 1. The van der Waals surface area contributed by atoms with Crippen molar-refractivity contribution in [2.24, 2.45) is 0 Å². The summed E-state index contributed by atoms with van der Waals surface area (Å²) in [4.78, 5) is 4.18. The first kappa shape index (κ1) is 10.6. The van der Waals surface area contributed by atoms with Crippen LogP contribution in [0.1, 0.15) is 5.82 Å². The Kier molecular flexibility index (Phi) is 2.81. The van der Waals surface area contributed by atoms with Gasteiger partial charge in [-0.1, -0.05) is 0 Å². The van der Waals surface area contributed by atoms with Crippen molar-refractivity contribution >= 4 is 23.7 Å². The molecule has 0 atom stereocenters. The molecular formula is C8H11ClN4O. The molecule has 0 aromatic carbocycles. The molecule has 2 N–H and O–H groups in total. The van der Waals surface area contributed by atoms with Gasteiger partial charge in [-0.3, -0.25) is 0 Å². The number of fused-ring (bicyclic) bond motifs is 1. The van der Waals surface area contributed by atoms with E-state index in [2.05, 4.69) is 10.1 Å². The number of halogens is 1.